The number of amides is 1. The molecule has 0 saturated heterocycles. The Bertz CT molecular complexity index is 250. The Morgan fingerprint density at radius 1 is 1.44 bits per heavy atom. The average Bonchev–Trinajstić information content (AvgIpc) is 2.08. The quantitative estimate of drug-likeness (QED) is 0.761. The molecule has 16 heavy (non-hydrogen) atoms. The number of alkyl carbamates (subject to hydrolysis) is 1. The molecule has 0 aliphatic carbocycles. The highest BCUT2D eigenvalue weighted by molar-refractivity contribution is 7.99. The van der Waals surface area contributed by atoms with Crippen molar-refractivity contribution < 1.29 is 19.4 Å². The van der Waals surface area contributed by atoms with Crippen LogP contribution >= 0.6 is 11.8 Å². The molecule has 6 heteroatoms. The summed E-state index contributed by atoms with van der Waals surface area (Å²) >= 11 is 1.41. The molecule has 0 heterocycles. The van der Waals surface area contributed by atoms with Gasteiger partial charge in [-0.05, 0) is 26.5 Å². The van der Waals surface area contributed by atoms with Crippen molar-refractivity contribution in [1.29, 1.82) is 0 Å². The summed E-state index contributed by atoms with van der Waals surface area (Å²) < 4.78 is 4.95. The van der Waals surface area contributed by atoms with Crippen LogP contribution in [-0.2, 0) is 9.53 Å². The lowest BCUT2D eigenvalue weighted by atomic mass is 10.2. The van der Waals surface area contributed by atoms with Gasteiger partial charge in [-0.1, -0.05) is 6.92 Å². The van der Waals surface area contributed by atoms with Crippen LogP contribution in [0.5, 0.6) is 0 Å². The van der Waals surface area contributed by atoms with Crippen LogP contribution in [0.15, 0.2) is 0 Å². The second-order valence-corrected chi connectivity index (χ2v) is 5.50. The minimum absolute atomic E-state index is 0.276. The van der Waals surface area contributed by atoms with Crippen molar-refractivity contribution in [3.05, 3.63) is 0 Å². The number of rotatable bonds is 5. The lowest BCUT2D eigenvalue weighted by molar-refractivity contribution is -0.307. The molecule has 0 unspecified atom stereocenters. The van der Waals surface area contributed by atoms with Crippen molar-refractivity contribution >= 4 is 23.8 Å². The Morgan fingerprint density at radius 3 is 2.38 bits per heavy atom. The van der Waals surface area contributed by atoms with Crippen molar-refractivity contribution in [1.82, 2.24) is 5.32 Å². The van der Waals surface area contributed by atoms with Crippen molar-refractivity contribution in [2.75, 3.05) is 11.5 Å². The van der Waals surface area contributed by atoms with Crippen molar-refractivity contribution in [3.8, 4) is 0 Å². The number of nitrogens with one attached hydrogen (secondary N) is 1. The van der Waals surface area contributed by atoms with Crippen LogP contribution in [0, 0.1) is 0 Å². The van der Waals surface area contributed by atoms with Gasteiger partial charge in [-0.2, -0.15) is 11.8 Å². The van der Waals surface area contributed by atoms with E-state index in [0.717, 1.165) is 5.75 Å². The highest BCUT2D eigenvalue weighted by atomic mass is 32.2. The van der Waals surface area contributed by atoms with E-state index in [9.17, 15) is 14.7 Å². The Hall–Kier alpha value is -0.910. The van der Waals surface area contributed by atoms with Gasteiger partial charge in [-0.3, -0.25) is 0 Å². The molecule has 0 aliphatic rings. The number of aliphatic carboxylic acids is 1. The Labute approximate surface area is 99.9 Å². The summed E-state index contributed by atoms with van der Waals surface area (Å²) in [6.07, 6.45) is -0.738. The fourth-order valence-electron chi connectivity index (χ4n) is 0.854. The maximum atomic E-state index is 11.3. The zero-order valence-electron chi connectivity index (χ0n) is 10.0. The van der Waals surface area contributed by atoms with Crippen LogP contribution in [0.4, 0.5) is 4.79 Å². The van der Waals surface area contributed by atoms with E-state index in [1.807, 2.05) is 6.92 Å². The van der Waals surface area contributed by atoms with Crippen molar-refractivity contribution in [2.45, 2.75) is 39.3 Å². The lowest BCUT2D eigenvalue weighted by Gasteiger charge is -2.23. The van der Waals surface area contributed by atoms with Gasteiger partial charge in [0.15, 0.2) is 0 Å². The van der Waals surface area contributed by atoms with Gasteiger partial charge in [0.1, 0.15) is 5.60 Å². The third kappa shape index (κ3) is 7.39. The molecule has 5 nitrogen and oxygen atoms in total. The van der Waals surface area contributed by atoms with E-state index in [1.165, 1.54) is 11.8 Å². The Morgan fingerprint density at radius 2 is 2.00 bits per heavy atom. The molecular weight excluding hydrogens is 230 g/mol. The van der Waals surface area contributed by atoms with Crippen molar-refractivity contribution in [3.63, 3.8) is 0 Å². The summed E-state index contributed by atoms with van der Waals surface area (Å²) in [6, 6.07) is -1.01. The van der Waals surface area contributed by atoms with E-state index in [4.69, 9.17) is 4.74 Å². The standard InChI is InChI=1S/C10H19NO4S/c1-5-16-6-7(8(12)13)11-9(14)15-10(2,3)4/h7H,5-6H2,1-4H3,(H,11,14)(H,12,13)/p-1/t7-/m0/s1. The summed E-state index contributed by atoms with van der Waals surface area (Å²) in [5.74, 6) is -0.246. The molecule has 0 spiro atoms. The first-order chi connectivity index (χ1) is 7.26. The minimum atomic E-state index is -1.30. The average molecular weight is 248 g/mol. The minimum Gasteiger partial charge on any atom is -0.548 e. The summed E-state index contributed by atoms with van der Waals surface area (Å²) in [5, 5.41) is 13.0. The van der Waals surface area contributed by atoms with Crippen LogP contribution in [0.25, 0.3) is 0 Å². The maximum Gasteiger partial charge on any atom is 0.408 e. The molecule has 0 radical (unpaired) electrons. The van der Waals surface area contributed by atoms with Gasteiger partial charge in [0, 0.05) is 5.75 Å². The molecule has 0 fully saturated rings. The SMILES string of the molecule is CCSC[C@H](NC(=O)OC(C)(C)C)C(=O)[O-]. The van der Waals surface area contributed by atoms with E-state index in [-0.39, 0.29) is 5.75 Å². The summed E-state index contributed by atoms with van der Waals surface area (Å²) in [4.78, 5) is 22.0. The van der Waals surface area contributed by atoms with Crippen LogP contribution in [0.3, 0.4) is 0 Å². The Kier molecular flexibility index (Phi) is 6.25. The monoisotopic (exact) mass is 248 g/mol. The first-order valence-corrected chi connectivity index (χ1v) is 6.20. The second kappa shape index (κ2) is 6.62. The third-order valence-corrected chi connectivity index (χ3v) is 2.44. The van der Waals surface area contributed by atoms with Gasteiger partial charge in [0.2, 0.25) is 0 Å². The molecule has 0 aromatic heterocycles. The fourth-order valence-corrected chi connectivity index (χ4v) is 1.54. The molecule has 0 rings (SSSR count). The largest absolute Gasteiger partial charge is 0.548 e. The van der Waals surface area contributed by atoms with Crippen LogP contribution in [-0.4, -0.2) is 35.2 Å². The van der Waals surface area contributed by atoms with Gasteiger partial charge in [0.05, 0.1) is 12.0 Å². The molecule has 0 aromatic carbocycles. The number of hydrogen-bond donors (Lipinski definition) is 1. The van der Waals surface area contributed by atoms with E-state index in [0.29, 0.717) is 0 Å². The predicted molar refractivity (Wildman–Crippen MR) is 61.2 cm³/mol. The molecule has 1 N–H and O–H groups in total. The van der Waals surface area contributed by atoms with Gasteiger partial charge >= 0.3 is 6.09 Å². The number of carboxylic acid groups (broad SMARTS) is 1. The van der Waals surface area contributed by atoms with E-state index in [1.54, 1.807) is 20.8 Å². The number of hydrogen-bond acceptors (Lipinski definition) is 5. The van der Waals surface area contributed by atoms with E-state index >= 15 is 0 Å². The second-order valence-electron chi connectivity index (χ2n) is 4.18. The first kappa shape index (κ1) is 15.1. The molecule has 94 valence electrons. The topological polar surface area (TPSA) is 78.5 Å². The molecule has 0 aromatic rings. The molecule has 0 saturated carbocycles. The smallest absolute Gasteiger partial charge is 0.408 e. The normalized spacial score (nSPS) is 13.0. The van der Waals surface area contributed by atoms with Crippen molar-refractivity contribution in [2.24, 2.45) is 0 Å². The maximum absolute atomic E-state index is 11.3. The van der Waals surface area contributed by atoms with E-state index < -0.39 is 23.7 Å². The number of carbonyl (C=O) groups is 2. The van der Waals surface area contributed by atoms with Crippen LogP contribution in [0.1, 0.15) is 27.7 Å². The summed E-state index contributed by atoms with van der Waals surface area (Å²) in [5.41, 5.74) is -0.640. The molecular formula is C10H18NO4S-. The fraction of sp³-hybridized carbons (Fsp3) is 0.800. The Balaban J connectivity index is 4.19. The number of thioether (sulfide) groups is 1. The number of carbonyl (C=O) groups excluding carboxylic acids is 2. The zero-order valence-corrected chi connectivity index (χ0v) is 10.8. The van der Waals surface area contributed by atoms with E-state index in [2.05, 4.69) is 5.32 Å². The van der Waals surface area contributed by atoms with Gasteiger partial charge in [0.25, 0.3) is 0 Å². The van der Waals surface area contributed by atoms with Gasteiger partial charge in [-0.25, -0.2) is 4.79 Å². The first-order valence-electron chi connectivity index (χ1n) is 5.04. The summed E-state index contributed by atoms with van der Waals surface area (Å²) in [6.45, 7) is 7.04. The van der Waals surface area contributed by atoms with Gasteiger partial charge < -0.3 is 20.0 Å². The van der Waals surface area contributed by atoms with Gasteiger partial charge in [-0.15, -0.1) is 0 Å². The lowest BCUT2D eigenvalue weighted by Crippen LogP contribution is -2.50. The summed E-state index contributed by atoms with van der Waals surface area (Å²) in [7, 11) is 0. The predicted octanol–water partition coefficient (Wildman–Crippen LogP) is 0.383. The third-order valence-electron chi connectivity index (χ3n) is 1.46. The number of ether oxygens (including phenoxy) is 1. The molecule has 0 aliphatic heterocycles. The molecule has 1 amide bonds. The zero-order chi connectivity index (χ0) is 12.8. The number of carboxylic acids is 1. The highest BCUT2D eigenvalue weighted by Gasteiger charge is 2.19. The highest BCUT2D eigenvalue weighted by Crippen LogP contribution is 2.08. The molecule has 1 atom stereocenters. The molecule has 0 bridgehead atoms. The van der Waals surface area contributed by atoms with Crippen LogP contribution in [0.2, 0.25) is 0 Å². The van der Waals surface area contributed by atoms with Crippen LogP contribution < -0.4 is 10.4 Å².